The van der Waals surface area contributed by atoms with Gasteiger partial charge in [0.25, 0.3) is 0 Å². The molecule has 0 aliphatic rings. The number of carbonyl (C=O) groups is 1. The molecule has 2 nitrogen and oxygen atoms in total. The summed E-state index contributed by atoms with van der Waals surface area (Å²) in [6.45, 7) is 1.80. The SMILES string of the molecule is Cc1cc(C(=O)c2cc(N)ccc2F)sc1Cl. The van der Waals surface area contributed by atoms with Crippen molar-refractivity contribution in [2.24, 2.45) is 0 Å². The molecule has 2 aromatic rings. The minimum Gasteiger partial charge on any atom is -0.399 e. The highest BCUT2D eigenvalue weighted by molar-refractivity contribution is 7.18. The van der Waals surface area contributed by atoms with Gasteiger partial charge in [-0.25, -0.2) is 4.39 Å². The number of nitrogen functional groups attached to an aromatic ring is 1. The monoisotopic (exact) mass is 269 g/mol. The van der Waals surface area contributed by atoms with Crippen LogP contribution in [-0.2, 0) is 0 Å². The van der Waals surface area contributed by atoms with Gasteiger partial charge in [0.2, 0.25) is 5.78 Å². The average molecular weight is 270 g/mol. The predicted molar refractivity (Wildman–Crippen MR) is 68.3 cm³/mol. The van der Waals surface area contributed by atoms with E-state index in [-0.39, 0.29) is 5.56 Å². The maximum absolute atomic E-state index is 13.5. The summed E-state index contributed by atoms with van der Waals surface area (Å²) in [6, 6.07) is 5.59. The highest BCUT2D eigenvalue weighted by Crippen LogP contribution is 2.29. The number of hydrogen-bond donors (Lipinski definition) is 1. The van der Waals surface area contributed by atoms with Crippen LogP contribution in [0.2, 0.25) is 4.34 Å². The van der Waals surface area contributed by atoms with Gasteiger partial charge < -0.3 is 5.73 Å². The highest BCUT2D eigenvalue weighted by Gasteiger charge is 2.17. The summed E-state index contributed by atoms with van der Waals surface area (Å²) in [5, 5.41) is 0. The fraction of sp³-hybridized carbons (Fsp3) is 0.0833. The van der Waals surface area contributed by atoms with Crippen LogP contribution < -0.4 is 5.73 Å². The van der Waals surface area contributed by atoms with E-state index in [2.05, 4.69) is 0 Å². The van der Waals surface area contributed by atoms with Crippen LogP contribution in [0.5, 0.6) is 0 Å². The molecule has 0 aliphatic carbocycles. The van der Waals surface area contributed by atoms with Crippen molar-refractivity contribution in [1.29, 1.82) is 0 Å². The van der Waals surface area contributed by atoms with Crippen LogP contribution in [0.3, 0.4) is 0 Å². The minimum absolute atomic E-state index is 0.0251. The number of carbonyl (C=O) groups excluding carboxylic acids is 1. The molecule has 0 spiro atoms. The first-order valence-electron chi connectivity index (χ1n) is 4.84. The van der Waals surface area contributed by atoms with Crippen LogP contribution in [-0.4, -0.2) is 5.78 Å². The first-order valence-corrected chi connectivity index (χ1v) is 6.04. The lowest BCUT2D eigenvalue weighted by molar-refractivity contribution is 0.103. The molecular formula is C12H9ClFNOS. The number of benzene rings is 1. The molecule has 0 saturated carbocycles. The Bertz CT molecular complexity index is 575. The molecule has 2 N–H and O–H groups in total. The van der Waals surface area contributed by atoms with Crippen molar-refractivity contribution >= 4 is 34.4 Å². The van der Waals surface area contributed by atoms with Gasteiger partial charge in [0.05, 0.1) is 14.8 Å². The number of hydrogen-bond acceptors (Lipinski definition) is 3. The molecule has 1 heterocycles. The van der Waals surface area contributed by atoms with Crippen molar-refractivity contribution in [1.82, 2.24) is 0 Å². The van der Waals surface area contributed by atoms with Crippen molar-refractivity contribution in [3.8, 4) is 0 Å². The molecule has 2 rings (SSSR count). The number of nitrogens with two attached hydrogens (primary N) is 1. The normalized spacial score (nSPS) is 10.5. The van der Waals surface area contributed by atoms with E-state index in [1.807, 2.05) is 0 Å². The first kappa shape index (κ1) is 12.1. The fourth-order valence-electron chi connectivity index (χ4n) is 1.42. The van der Waals surface area contributed by atoms with Gasteiger partial charge in [0.1, 0.15) is 5.82 Å². The van der Waals surface area contributed by atoms with Crippen molar-refractivity contribution in [2.75, 3.05) is 5.73 Å². The van der Waals surface area contributed by atoms with Gasteiger partial charge in [0.15, 0.2) is 0 Å². The van der Waals surface area contributed by atoms with E-state index in [1.54, 1.807) is 13.0 Å². The summed E-state index contributed by atoms with van der Waals surface area (Å²) in [7, 11) is 0. The topological polar surface area (TPSA) is 43.1 Å². The zero-order chi connectivity index (χ0) is 12.6. The van der Waals surface area contributed by atoms with Crippen LogP contribution in [0, 0.1) is 12.7 Å². The third kappa shape index (κ3) is 2.33. The standard InChI is InChI=1S/C12H9ClFNOS/c1-6-4-10(17-12(6)13)11(16)8-5-7(15)2-3-9(8)14/h2-5H,15H2,1H3. The molecule has 0 aliphatic heterocycles. The second-order valence-corrected chi connectivity index (χ2v) is 5.29. The molecule has 1 aromatic carbocycles. The number of rotatable bonds is 2. The molecule has 0 unspecified atom stereocenters. The van der Waals surface area contributed by atoms with Crippen molar-refractivity contribution in [3.63, 3.8) is 0 Å². The molecule has 0 radical (unpaired) electrons. The number of ketones is 1. The summed E-state index contributed by atoms with van der Waals surface area (Å²) in [5.41, 5.74) is 6.68. The van der Waals surface area contributed by atoms with Gasteiger partial charge >= 0.3 is 0 Å². The maximum atomic E-state index is 13.5. The molecule has 0 bridgehead atoms. The molecule has 88 valence electrons. The molecule has 0 atom stereocenters. The molecule has 0 saturated heterocycles. The van der Waals surface area contributed by atoms with Crippen LogP contribution >= 0.6 is 22.9 Å². The van der Waals surface area contributed by atoms with Crippen molar-refractivity contribution in [3.05, 3.63) is 50.4 Å². The Hall–Kier alpha value is -1.39. The Morgan fingerprint density at radius 1 is 1.41 bits per heavy atom. The lowest BCUT2D eigenvalue weighted by Crippen LogP contribution is -2.03. The molecule has 17 heavy (non-hydrogen) atoms. The van der Waals surface area contributed by atoms with Gasteiger partial charge in [-0.3, -0.25) is 4.79 Å². The Morgan fingerprint density at radius 2 is 2.12 bits per heavy atom. The number of halogens is 2. The predicted octanol–water partition coefficient (Wildman–Crippen LogP) is 3.66. The molecular weight excluding hydrogens is 261 g/mol. The quantitative estimate of drug-likeness (QED) is 0.668. The van der Waals surface area contributed by atoms with Crippen molar-refractivity contribution in [2.45, 2.75) is 6.92 Å². The minimum atomic E-state index is -0.577. The second kappa shape index (κ2) is 4.47. The van der Waals surface area contributed by atoms with Crippen LogP contribution in [0.15, 0.2) is 24.3 Å². The lowest BCUT2D eigenvalue weighted by atomic mass is 10.1. The third-order valence-corrected chi connectivity index (χ3v) is 3.87. The summed E-state index contributed by atoms with van der Waals surface area (Å²) < 4.78 is 14.0. The summed E-state index contributed by atoms with van der Waals surface area (Å²) in [4.78, 5) is 12.5. The second-order valence-electron chi connectivity index (χ2n) is 3.64. The Balaban J connectivity index is 2.47. The Kier molecular flexibility index (Phi) is 3.17. The first-order chi connectivity index (χ1) is 7.99. The van der Waals surface area contributed by atoms with E-state index in [4.69, 9.17) is 17.3 Å². The van der Waals surface area contributed by atoms with Crippen LogP contribution in [0.1, 0.15) is 20.8 Å². The zero-order valence-corrected chi connectivity index (χ0v) is 10.5. The molecule has 0 amide bonds. The number of aryl methyl sites for hydroxylation is 1. The van der Waals surface area contributed by atoms with Gasteiger partial charge in [-0.05, 0) is 36.8 Å². The summed E-state index contributed by atoms with van der Waals surface area (Å²) >= 11 is 7.02. The number of anilines is 1. The lowest BCUT2D eigenvalue weighted by Gasteiger charge is -2.01. The smallest absolute Gasteiger partial charge is 0.206 e. The largest absolute Gasteiger partial charge is 0.399 e. The Morgan fingerprint density at radius 3 is 2.71 bits per heavy atom. The van der Waals surface area contributed by atoms with Crippen LogP contribution in [0.25, 0.3) is 0 Å². The molecule has 1 aromatic heterocycles. The van der Waals surface area contributed by atoms with E-state index in [0.29, 0.717) is 14.9 Å². The fourth-order valence-corrected chi connectivity index (χ4v) is 2.58. The third-order valence-electron chi connectivity index (χ3n) is 2.32. The molecule has 5 heteroatoms. The number of thiophene rings is 1. The van der Waals surface area contributed by atoms with E-state index >= 15 is 0 Å². The van der Waals surface area contributed by atoms with E-state index in [0.717, 1.165) is 16.9 Å². The van der Waals surface area contributed by atoms with E-state index in [1.165, 1.54) is 18.2 Å². The van der Waals surface area contributed by atoms with Gasteiger partial charge in [-0.15, -0.1) is 11.3 Å². The van der Waals surface area contributed by atoms with E-state index in [9.17, 15) is 9.18 Å². The highest BCUT2D eigenvalue weighted by atomic mass is 35.5. The molecule has 0 fully saturated rings. The van der Waals surface area contributed by atoms with Gasteiger partial charge in [-0.2, -0.15) is 0 Å². The van der Waals surface area contributed by atoms with Crippen molar-refractivity contribution < 1.29 is 9.18 Å². The Labute approximate surface area is 107 Å². The zero-order valence-electron chi connectivity index (χ0n) is 8.96. The van der Waals surface area contributed by atoms with Gasteiger partial charge in [-0.1, -0.05) is 11.6 Å². The summed E-state index contributed by atoms with van der Waals surface area (Å²) in [5.74, 6) is -0.971. The average Bonchev–Trinajstić information content (AvgIpc) is 2.62. The van der Waals surface area contributed by atoms with E-state index < -0.39 is 11.6 Å². The summed E-state index contributed by atoms with van der Waals surface area (Å²) in [6.07, 6.45) is 0. The van der Waals surface area contributed by atoms with Gasteiger partial charge in [0, 0.05) is 5.69 Å². The van der Waals surface area contributed by atoms with Crippen LogP contribution in [0.4, 0.5) is 10.1 Å². The maximum Gasteiger partial charge on any atom is 0.206 e.